The van der Waals surface area contributed by atoms with Crippen LogP contribution in [0.4, 0.5) is 5.69 Å². The van der Waals surface area contributed by atoms with Gasteiger partial charge in [-0.05, 0) is 29.1 Å². The highest BCUT2D eigenvalue weighted by atomic mass is 35.5. The number of amides is 1. The third-order valence-electron chi connectivity index (χ3n) is 4.75. The normalized spacial score (nSPS) is 15.3. The van der Waals surface area contributed by atoms with Crippen LogP contribution in [0, 0.1) is 6.57 Å². The molecule has 2 aromatic carbocycles. The predicted molar refractivity (Wildman–Crippen MR) is 110 cm³/mol. The van der Waals surface area contributed by atoms with Gasteiger partial charge >= 0.3 is 0 Å². The maximum absolute atomic E-state index is 12.6. The van der Waals surface area contributed by atoms with Crippen molar-refractivity contribution in [2.24, 2.45) is 0 Å². The average molecular weight is 396 g/mol. The van der Waals surface area contributed by atoms with E-state index >= 15 is 0 Å². The summed E-state index contributed by atoms with van der Waals surface area (Å²) in [7, 11) is 0. The van der Waals surface area contributed by atoms with Crippen LogP contribution in [0.25, 0.3) is 14.9 Å². The highest BCUT2D eigenvalue weighted by Gasteiger charge is 2.24. The number of halogens is 1. The molecule has 1 aliphatic heterocycles. The molecule has 27 heavy (non-hydrogen) atoms. The number of piperazine rings is 1. The molecule has 0 radical (unpaired) electrons. The smallest absolute Gasteiger partial charge is 0.237 e. The molecule has 4 nitrogen and oxygen atoms in total. The van der Waals surface area contributed by atoms with E-state index in [1.165, 1.54) is 15.0 Å². The maximum Gasteiger partial charge on any atom is 0.237 e. The van der Waals surface area contributed by atoms with Crippen molar-refractivity contribution in [2.75, 3.05) is 19.6 Å². The van der Waals surface area contributed by atoms with Gasteiger partial charge in [0.25, 0.3) is 0 Å². The number of benzene rings is 2. The number of fused-ring (bicyclic) bond motifs is 1. The Hall–Kier alpha value is -2.39. The molecule has 1 amide bonds. The highest BCUT2D eigenvalue weighted by Crippen LogP contribution is 2.29. The quantitative estimate of drug-likeness (QED) is 0.584. The van der Waals surface area contributed by atoms with Crippen LogP contribution in [0.2, 0.25) is 5.02 Å². The lowest BCUT2D eigenvalue weighted by Gasteiger charge is -2.34. The Morgan fingerprint density at radius 3 is 2.63 bits per heavy atom. The van der Waals surface area contributed by atoms with Crippen LogP contribution < -0.4 is 0 Å². The van der Waals surface area contributed by atoms with Gasteiger partial charge in [0.05, 0.1) is 13.1 Å². The minimum Gasteiger partial charge on any atom is -0.336 e. The van der Waals surface area contributed by atoms with E-state index in [0.717, 1.165) is 30.2 Å². The second-order valence-corrected chi connectivity index (χ2v) is 8.30. The molecule has 3 aromatic rings. The van der Waals surface area contributed by atoms with Gasteiger partial charge in [0.15, 0.2) is 5.69 Å². The van der Waals surface area contributed by atoms with E-state index in [2.05, 4.69) is 15.8 Å². The average Bonchev–Trinajstić information content (AvgIpc) is 3.06. The van der Waals surface area contributed by atoms with Gasteiger partial charge in [-0.15, -0.1) is 11.3 Å². The Kier molecular flexibility index (Phi) is 5.13. The fraction of sp³-hybridized carbons (Fsp3) is 0.238. The summed E-state index contributed by atoms with van der Waals surface area (Å²) in [6.07, 6.45) is 0. The van der Waals surface area contributed by atoms with Crippen molar-refractivity contribution in [1.82, 2.24) is 9.80 Å². The standard InChI is InChI=1S/C21H18ClN3OS/c1-23-18-6-2-15(3-7-18)12-25-9-8-24(14-21(25)26)13-19-10-16-4-5-17(22)11-20(16)27-19/h2-7,10-11H,8-9,12-14H2. The number of carbonyl (C=O) groups excluding carboxylic acids is 1. The zero-order valence-corrected chi connectivity index (χ0v) is 16.3. The van der Waals surface area contributed by atoms with Gasteiger partial charge in [0.1, 0.15) is 0 Å². The van der Waals surface area contributed by atoms with Crippen molar-refractivity contribution in [3.8, 4) is 0 Å². The lowest BCUT2D eigenvalue weighted by atomic mass is 10.1. The fourth-order valence-electron chi connectivity index (χ4n) is 3.31. The second kappa shape index (κ2) is 7.69. The predicted octanol–water partition coefficient (Wildman–Crippen LogP) is 4.95. The van der Waals surface area contributed by atoms with Crippen LogP contribution in [-0.4, -0.2) is 35.3 Å². The van der Waals surface area contributed by atoms with Crippen molar-refractivity contribution in [2.45, 2.75) is 13.1 Å². The zero-order valence-electron chi connectivity index (χ0n) is 14.7. The molecular weight excluding hydrogens is 378 g/mol. The monoisotopic (exact) mass is 395 g/mol. The molecule has 4 rings (SSSR count). The van der Waals surface area contributed by atoms with Gasteiger partial charge in [-0.1, -0.05) is 41.9 Å². The summed E-state index contributed by atoms with van der Waals surface area (Å²) in [5.41, 5.74) is 1.69. The van der Waals surface area contributed by atoms with E-state index in [9.17, 15) is 4.79 Å². The van der Waals surface area contributed by atoms with Gasteiger partial charge in [0, 0.05) is 40.8 Å². The van der Waals surface area contributed by atoms with Crippen molar-refractivity contribution in [3.63, 3.8) is 0 Å². The molecule has 0 saturated carbocycles. The van der Waals surface area contributed by atoms with Crippen LogP contribution in [0.5, 0.6) is 0 Å². The van der Waals surface area contributed by atoms with Crippen LogP contribution in [-0.2, 0) is 17.9 Å². The first kappa shape index (κ1) is 18.0. The van der Waals surface area contributed by atoms with Crippen LogP contribution in [0.15, 0.2) is 48.5 Å². The van der Waals surface area contributed by atoms with E-state index in [-0.39, 0.29) is 5.91 Å². The maximum atomic E-state index is 12.6. The SMILES string of the molecule is [C-]#[N+]c1ccc(CN2CCN(Cc3cc4ccc(Cl)cc4s3)CC2=O)cc1. The number of nitrogens with zero attached hydrogens (tertiary/aromatic N) is 3. The largest absolute Gasteiger partial charge is 0.336 e. The first-order valence-corrected chi connectivity index (χ1v) is 9.95. The van der Waals surface area contributed by atoms with Gasteiger partial charge in [-0.25, -0.2) is 4.85 Å². The van der Waals surface area contributed by atoms with Gasteiger partial charge < -0.3 is 4.90 Å². The Balaban J connectivity index is 1.37. The summed E-state index contributed by atoms with van der Waals surface area (Å²) in [6, 6.07) is 15.6. The number of hydrogen-bond donors (Lipinski definition) is 0. The third-order valence-corrected chi connectivity index (χ3v) is 6.07. The minimum absolute atomic E-state index is 0.152. The summed E-state index contributed by atoms with van der Waals surface area (Å²) in [6.45, 7) is 10.4. The minimum atomic E-state index is 0.152. The van der Waals surface area contributed by atoms with E-state index in [1.807, 2.05) is 35.2 Å². The summed E-state index contributed by atoms with van der Waals surface area (Å²) < 4.78 is 1.19. The third kappa shape index (κ3) is 4.14. The topological polar surface area (TPSA) is 27.9 Å². The number of thiophene rings is 1. The van der Waals surface area contributed by atoms with Gasteiger partial charge in [-0.3, -0.25) is 9.69 Å². The van der Waals surface area contributed by atoms with E-state index < -0.39 is 0 Å². The van der Waals surface area contributed by atoms with Crippen LogP contribution in [0.3, 0.4) is 0 Å². The Morgan fingerprint density at radius 2 is 1.89 bits per heavy atom. The van der Waals surface area contributed by atoms with E-state index in [0.29, 0.717) is 18.8 Å². The van der Waals surface area contributed by atoms with Crippen molar-refractivity contribution in [3.05, 3.63) is 75.4 Å². The molecule has 1 aliphatic rings. The molecular formula is C21H18ClN3OS. The number of hydrogen-bond acceptors (Lipinski definition) is 3. The van der Waals surface area contributed by atoms with E-state index in [1.54, 1.807) is 23.5 Å². The molecule has 1 aromatic heterocycles. The molecule has 0 spiro atoms. The lowest BCUT2D eigenvalue weighted by molar-refractivity contribution is -0.136. The number of rotatable bonds is 4. The van der Waals surface area contributed by atoms with Gasteiger partial charge in [0.2, 0.25) is 5.91 Å². The Labute approximate surface area is 167 Å². The molecule has 0 atom stereocenters. The summed E-state index contributed by atoms with van der Waals surface area (Å²) in [5, 5.41) is 1.95. The molecule has 136 valence electrons. The van der Waals surface area contributed by atoms with Crippen molar-refractivity contribution >= 4 is 44.6 Å². The van der Waals surface area contributed by atoms with Crippen molar-refractivity contribution < 1.29 is 4.79 Å². The van der Waals surface area contributed by atoms with Gasteiger partial charge in [-0.2, -0.15) is 0 Å². The van der Waals surface area contributed by atoms with Crippen LogP contribution in [0.1, 0.15) is 10.4 Å². The molecule has 2 heterocycles. The summed E-state index contributed by atoms with van der Waals surface area (Å²) in [5.74, 6) is 0.152. The Bertz CT molecular complexity index is 1020. The second-order valence-electron chi connectivity index (χ2n) is 6.70. The molecule has 0 bridgehead atoms. The summed E-state index contributed by atoms with van der Waals surface area (Å²) >= 11 is 7.81. The molecule has 0 N–H and O–H groups in total. The van der Waals surface area contributed by atoms with E-state index in [4.69, 9.17) is 18.2 Å². The first-order valence-electron chi connectivity index (χ1n) is 8.75. The number of carbonyl (C=O) groups is 1. The molecule has 6 heteroatoms. The molecule has 1 saturated heterocycles. The first-order chi connectivity index (χ1) is 13.1. The zero-order chi connectivity index (χ0) is 18.8. The van der Waals surface area contributed by atoms with Crippen LogP contribution >= 0.6 is 22.9 Å². The molecule has 0 aliphatic carbocycles. The lowest BCUT2D eigenvalue weighted by Crippen LogP contribution is -2.49. The molecule has 1 fully saturated rings. The Morgan fingerprint density at radius 1 is 1.07 bits per heavy atom. The summed E-state index contributed by atoms with van der Waals surface area (Å²) in [4.78, 5) is 21.3. The van der Waals surface area contributed by atoms with Crippen molar-refractivity contribution in [1.29, 1.82) is 0 Å². The highest BCUT2D eigenvalue weighted by molar-refractivity contribution is 7.19. The fourth-order valence-corrected chi connectivity index (χ4v) is 4.70. The molecule has 0 unspecified atom stereocenters.